The highest BCUT2D eigenvalue weighted by Gasteiger charge is 2.22. The maximum Gasteiger partial charge on any atom is 0.253 e. The number of piperazine rings is 1. The van der Waals surface area contributed by atoms with Crippen LogP contribution in [0.15, 0.2) is 53.0 Å². The Balaban J connectivity index is 1.57. The molecule has 0 aliphatic carbocycles. The van der Waals surface area contributed by atoms with Gasteiger partial charge in [0.05, 0.1) is 10.6 Å². The number of hydrogen-bond donors (Lipinski definition) is 0. The van der Waals surface area contributed by atoms with Crippen molar-refractivity contribution in [3.63, 3.8) is 0 Å². The maximum atomic E-state index is 12.8. The largest absolute Gasteiger partial charge is 0.490 e. The van der Waals surface area contributed by atoms with Crippen molar-refractivity contribution in [2.45, 2.75) is 26.5 Å². The fraction of sp³-hybridized carbons (Fsp3) is 0.381. The molecule has 1 saturated heterocycles. The van der Waals surface area contributed by atoms with E-state index in [4.69, 9.17) is 4.74 Å². The van der Waals surface area contributed by atoms with Crippen molar-refractivity contribution in [2.75, 3.05) is 26.2 Å². The zero-order chi connectivity index (χ0) is 18.5. The number of ether oxygens (including phenoxy) is 1. The van der Waals surface area contributed by atoms with E-state index in [9.17, 15) is 4.79 Å². The van der Waals surface area contributed by atoms with E-state index in [0.29, 0.717) is 5.56 Å². The summed E-state index contributed by atoms with van der Waals surface area (Å²) in [6.07, 6.45) is 0.102. The Morgan fingerprint density at radius 2 is 1.77 bits per heavy atom. The molecule has 0 unspecified atom stereocenters. The first-order valence-electron chi connectivity index (χ1n) is 9.04. The summed E-state index contributed by atoms with van der Waals surface area (Å²) in [5.74, 6) is 0.852. The van der Waals surface area contributed by atoms with Crippen LogP contribution < -0.4 is 4.74 Å². The minimum absolute atomic E-state index is 0.0844. The number of halogens is 1. The van der Waals surface area contributed by atoms with E-state index in [0.717, 1.165) is 42.9 Å². The van der Waals surface area contributed by atoms with Crippen molar-refractivity contribution in [1.29, 1.82) is 0 Å². The van der Waals surface area contributed by atoms with Gasteiger partial charge in [-0.3, -0.25) is 9.69 Å². The zero-order valence-electron chi connectivity index (χ0n) is 15.3. The topological polar surface area (TPSA) is 32.8 Å². The summed E-state index contributed by atoms with van der Waals surface area (Å²) >= 11 is 3.51. The summed E-state index contributed by atoms with van der Waals surface area (Å²) in [5.41, 5.74) is 2.02. The predicted octanol–water partition coefficient (Wildman–Crippen LogP) is 4.19. The van der Waals surface area contributed by atoms with Gasteiger partial charge in [0.2, 0.25) is 0 Å². The number of hydrogen-bond acceptors (Lipinski definition) is 3. The van der Waals surface area contributed by atoms with Crippen LogP contribution in [0.25, 0.3) is 0 Å². The van der Waals surface area contributed by atoms with E-state index < -0.39 is 0 Å². The molecule has 0 atom stereocenters. The number of benzene rings is 2. The standard InChI is InChI=1S/C21H25BrN2O2/c1-16(2)26-20-9-8-18(14-19(20)22)21(25)24-12-10-23(11-13-24)15-17-6-4-3-5-7-17/h3-9,14,16H,10-13,15H2,1-2H3. The summed E-state index contributed by atoms with van der Waals surface area (Å²) < 4.78 is 6.54. The minimum Gasteiger partial charge on any atom is -0.490 e. The number of carbonyl (C=O) groups is 1. The van der Waals surface area contributed by atoms with E-state index in [2.05, 4.69) is 45.1 Å². The van der Waals surface area contributed by atoms with Crippen LogP contribution >= 0.6 is 15.9 Å². The molecule has 0 aromatic heterocycles. The molecule has 4 nitrogen and oxygen atoms in total. The molecule has 0 N–H and O–H groups in total. The lowest BCUT2D eigenvalue weighted by Gasteiger charge is -2.34. The van der Waals surface area contributed by atoms with Crippen LogP contribution in [0.2, 0.25) is 0 Å². The highest BCUT2D eigenvalue weighted by Crippen LogP contribution is 2.27. The van der Waals surface area contributed by atoms with Gasteiger partial charge in [-0.1, -0.05) is 30.3 Å². The van der Waals surface area contributed by atoms with Gasteiger partial charge in [-0.15, -0.1) is 0 Å². The second-order valence-corrected chi connectivity index (χ2v) is 7.72. The van der Waals surface area contributed by atoms with Crippen molar-refractivity contribution in [3.8, 4) is 5.75 Å². The molecule has 138 valence electrons. The molecule has 1 aliphatic rings. The Morgan fingerprint density at radius 3 is 2.38 bits per heavy atom. The summed E-state index contributed by atoms with van der Waals surface area (Å²) in [7, 11) is 0. The number of amides is 1. The molecule has 0 saturated carbocycles. The van der Waals surface area contributed by atoms with E-state index in [1.54, 1.807) is 0 Å². The lowest BCUT2D eigenvalue weighted by molar-refractivity contribution is 0.0628. The van der Waals surface area contributed by atoms with Crippen molar-refractivity contribution in [3.05, 3.63) is 64.1 Å². The molecule has 3 rings (SSSR count). The van der Waals surface area contributed by atoms with Crippen LogP contribution in [0.1, 0.15) is 29.8 Å². The molecule has 0 radical (unpaired) electrons. The lowest BCUT2D eigenvalue weighted by atomic mass is 10.1. The monoisotopic (exact) mass is 416 g/mol. The lowest BCUT2D eigenvalue weighted by Crippen LogP contribution is -2.48. The molecule has 26 heavy (non-hydrogen) atoms. The van der Waals surface area contributed by atoms with Crippen LogP contribution in [0.4, 0.5) is 0 Å². The quantitative estimate of drug-likeness (QED) is 0.732. The summed E-state index contributed by atoms with van der Waals surface area (Å²) in [6.45, 7) is 8.23. The fourth-order valence-electron chi connectivity index (χ4n) is 3.12. The third-order valence-electron chi connectivity index (χ3n) is 4.45. The van der Waals surface area contributed by atoms with Gasteiger partial charge in [-0.05, 0) is 53.5 Å². The van der Waals surface area contributed by atoms with Gasteiger partial charge in [0.1, 0.15) is 5.75 Å². The van der Waals surface area contributed by atoms with Gasteiger partial charge in [-0.25, -0.2) is 0 Å². The number of rotatable bonds is 5. The Bertz CT molecular complexity index is 741. The predicted molar refractivity (Wildman–Crippen MR) is 108 cm³/mol. The van der Waals surface area contributed by atoms with Gasteiger partial charge >= 0.3 is 0 Å². The molecule has 5 heteroatoms. The van der Waals surface area contributed by atoms with Crippen LogP contribution in [-0.4, -0.2) is 48.0 Å². The van der Waals surface area contributed by atoms with Crippen LogP contribution in [0.3, 0.4) is 0 Å². The second kappa shape index (κ2) is 8.69. The molecule has 1 aliphatic heterocycles. The van der Waals surface area contributed by atoms with Gasteiger partial charge in [-0.2, -0.15) is 0 Å². The molecule has 1 heterocycles. The Hall–Kier alpha value is -1.85. The van der Waals surface area contributed by atoms with Crippen molar-refractivity contribution < 1.29 is 9.53 Å². The molecule has 1 fully saturated rings. The van der Waals surface area contributed by atoms with Crippen molar-refractivity contribution >= 4 is 21.8 Å². The van der Waals surface area contributed by atoms with Gasteiger partial charge in [0.25, 0.3) is 5.91 Å². The SMILES string of the molecule is CC(C)Oc1ccc(C(=O)N2CCN(Cc3ccccc3)CC2)cc1Br. The maximum absolute atomic E-state index is 12.8. The van der Waals surface area contributed by atoms with Crippen molar-refractivity contribution in [1.82, 2.24) is 9.80 Å². The normalized spacial score (nSPS) is 15.3. The van der Waals surface area contributed by atoms with Crippen LogP contribution in [0.5, 0.6) is 5.75 Å². The Morgan fingerprint density at radius 1 is 1.08 bits per heavy atom. The minimum atomic E-state index is 0.0844. The molecular weight excluding hydrogens is 392 g/mol. The van der Waals surface area contributed by atoms with Crippen LogP contribution in [-0.2, 0) is 6.54 Å². The van der Waals surface area contributed by atoms with Crippen molar-refractivity contribution in [2.24, 2.45) is 0 Å². The average molecular weight is 417 g/mol. The third-order valence-corrected chi connectivity index (χ3v) is 5.07. The highest BCUT2D eigenvalue weighted by atomic mass is 79.9. The van der Waals surface area contributed by atoms with Gasteiger partial charge in [0.15, 0.2) is 0 Å². The molecular formula is C21H25BrN2O2. The molecule has 1 amide bonds. The molecule has 2 aromatic rings. The first kappa shape index (κ1) is 18.9. The van der Waals surface area contributed by atoms with Crippen LogP contribution in [0, 0.1) is 0 Å². The smallest absolute Gasteiger partial charge is 0.253 e. The first-order chi connectivity index (χ1) is 12.5. The summed E-state index contributed by atoms with van der Waals surface area (Å²) in [4.78, 5) is 17.1. The molecule has 2 aromatic carbocycles. The van der Waals surface area contributed by atoms with Gasteiger partial charge < -0.3 is 9.64 Å². The van der Waals surface area contributed by atoms with E-state index in [1.165, 1.54) is 5.56 Å². The third kappa shape index (κ3) is 4.86. The second-order valence-electron chi connectivity index (χ2n) is 6.87. The van der Waals surface area contributed by atoms with E-state index in [-0.39, 0.29) is 12.0 Å². The zero-order valence-corrected chi connectivity index (χ0v) is 16.9. The number of nitrogens with zero attached hydrogens (tertiary/aromatic N) is 2. The van der Waals surface area contributed by atoms with Gasteiger partial charge in [0, 0.05) is 38.3 Å². The summed E-state index contributed by atoms with van der Waals surface area (Å²) in [6, 6.07) is 16.0. The highest BCUT2D eigenvalue weighted by molar-refractivity contribution is 9.10. The fourth-order valence-corrected chi connectivity index (χ4v) is 3.59. The average Bonchev–Trinajstić information content (AvgIpc) is 2.64. The number of carbonyl (C=O) groups excluding carboxylic acids is 1. The first-order valence-corrected chi connectivity index (χ1v) is 9.84. The Kier molecular flexibility index (Phi) is 6.33. The Labute approximate surface area is 163 Å². The molecule has 0 bridgehead atoms. The summed E-state index contributed by atoms with van der Waals surface area (Å²) in [5, 5.41) is 0. The van der Waals surface area contributed by atoms with E-state index in [1.807, 2.05) is 43.0 Å². The molecule has 0 spiro atoms. The van der Waals surface area contributed by atoms with E-state index >= 15 is 0 Å².